The second-order valence-electron chi connectivity index (χ2n) is 7.61. The summed E-state index contributed by atoms with van der Waals surface area (Å²) < 4.78 is 0. The first kappa shape index (κ1) is 27.2. The van der Waals surface area contributed by atoms with Gasteiger partial charge in [0.15, 0.2) is 0 Å². The third-order valence-corrected chi connectivity index (χ3v) is 5.33. The van der Waals surface area contributed by atoms with Crippen LogP contribution in [0.5, 0.6) is 5.75 Å². The van der Waals surface area contributed by atoms with Crippen LogP contribution >= 0.6 is 11.8 Å². The zero-order valence-corrected chi connectivity index (χ0v) is 19.3. The summed E-state index contributed by atoms with van der Waals surface area (Å²) in [5, 5.41) is 26.4. The Balaban J connectivity index is 3.01. The Morgan fingerprint density at radius 1 is 1.00 bits per heavy atom. The Morgan fingerprint density at radius 2 is 1.59 bits per heavy atom. The van der Waals surface area contributed by atoms with Crippen LogP contribution < -0.4 is 21.7 Å². The highest BCUT2D eigenvalue weighted by Gasteiger charge is 2.30. The number of phenols is 1. The van der Waals surface area contributed by atoms with Crippen LogP contribution in [0.2, 0.25) is 0 Å². The Labute approximate surface area is 191 Å². The first-order chi connectivity index (χ1) is 15.1. The average molecular weight is 469 g/mol. The van der Waals surface area contributed by atoms with Gasteiger partial charge in [-0.05, 0) is 42.0 Å². The second kappa shape index (κ2) is 13.6. The summed E-state index contributed by atoms with van der Waals surface area (Å²) in [6, 6.07) is 3.06. The largest absolute Gasteiger partial charge is 0.508 e. The summed E-state index contributed by atoms with van der Waals surface area (Å²) in [7, 11) is 0. The molecular formula is C21H32N4O6S. The van der Waals surface area contributed by atoms with E-state index in [2.05, 4.69) is 16.0 Å². The van der Waals surface area contributed by atoms with Crippen molar-refractivity contribution in [2.24, 2.45) is 11.7 Å². The monoisotopic (exact) mass is 468 g/mol. The molecule has 0 aliphatic carbocycles. The number of nitrogens with one attached hydrogen (secondary N) is 3. The highest BCUT2D eigenvalue weighted by Crippen LogP contribution is 2.12. The number of benzene rings is 1. The fourth-order valence-electron chi connectivity index (χ4n) is 2.87. The zero-order valence-electron chi connectivity index (χ0n) is 18.5. The standard InChI is InChI=1S/C21H32N4O6S/c1-12(2)18(21(30)31)25-19(28)15(8-9-32-3)24-20(29)16(23-17(27)11-22)10-13-4-6-14(26)7-5-13/h4-7,12,15-16,18,26H,8-11,22H2,1-3H3,(H,23,27)(H,24,29)(H,25,28)(H,30,31). The van der Waals surface area contributed by atoms with Gasteiger partial charge >= 0.3 is 5.97 Å². The van der Waals surface area contributed by atoms with Crippen molar-refractivity contribution in [3.8, 4) is 5.75 Å². The summed E-state index contributed by atoms with van der Waals surface area (Å²) in [5.41, 5.74) is 6.04. The fraction of sp³-hybridized carbons (Fsp3) is 0.524. The van der Waals surface area contributed by atoms with Gasteiger partial charge in [-0.3, -0.25) is 14.4 Å². The minimum absolute atomic E-state index is 0.0627. The number of carboxylic acid groups (broad SMARTS) is 1. The molecule has 0 heterocycles. The smallest absolute Gasteiger partial charge is 0.326 e. The lowest BCUT2D eigenvalue weighted by Gasteiger charge is -2.25. The molecule has 10 nitrogen and oxygen atoms in total. The zero-order chi connectivity index (χ0) is 24.3. The Bertz CT molecular complexity index is 787. The van der Waals surface area contributed by atoms with Crippen molar-refractivity contribution in [3.63, 3.8) is 0 Å². The third kappa shape index (κ3) is 9.15. The van der Waals surface area contributed by atoms with Crippen molar-refractivity contribution in [1.82, 2.24) is 16.0 Å². The molecule has 1 aromatic rings. The van der Waals surface area contributed by atoms with Crippen LogP contribution in [0.25, 0.3) is 0 Å². The van der Waals surface area contributed by atoms with Crippen molar-refractivity contribution in [2.75, 3.05) is 18.6 Å². The van der Waals surface area contributed by atoms with Crippen molar-refractivity contribution in [1.29, 1.82) is 0 Å². The van der Waals surface area contributed by atoms with Crippen LogP contribution in [0.15, 0.2) is 24.3 Å². The molecule has 0 radical (unpaired) electrons. The number of carboxylic acids is 1. The lowest BCUT2D eigenvalue weighted by molar-refractivity contribution is -0.143. The number of phenolic OH excluding ortho intramolecular Hbond substituents is 1. The molecule has 11 heteroatoms. The highest BCUT2D eigenvalue weighted by atomic mass is 32.2. The molecule has 178 valence electrons. The van der Waals surface area contributed by atoms with E-state index in [4.69, 9.17) is 5.73 Å². The summed E-state index contributed by atoms with van der Waals surface area (Å²) in [6.07, 6.45) is 2.23. The summed E-state index contributed by atoms with van der Waals surface area (Å²) >= 11 is 1.48. The van der Waals surface area contributed by atoms with Crippen LogP contribution in [-0.4, -0.2) is 70.6 Å². The SMILES string of the molecule is CSCCC(NC(=O)C(Cc1ccc(O)cc1)NC(=O)CN)C(=O)NC(C(=O)O)C(C)C. The first-order valence-corrected chi connectivity index (χ1v) is 11.6. The highest BCUT2D eigenvalue weighted by molar-refractivity contribution is 7.98. The minimum atomic E-state index is -1.16. The van der Waals surface area contributed by atoms with E-state index in [1.807, 2.05) is 6.26 Å². The van der Waals surface area contributed by atoms with E-state index in [0.29, 0.717) is 11.3 Å². The van der Waals surface area contributed by atoms with Gasteiger partial charge in [0.1, 0.15) is 23.9 Å². The molecule has 0 fully saturated rings. The maximum absolute atomic E-state index is 13.0. The number of aliphatic carboxylic acids is 1. The van der Waals surface area contributed by atoms with Crippen molar-refractivity contribution in [3.05, 3.63) is 29.8 Å². The average Bonchev–Trinajstić information content (AvgIpc) is 2.74. The molecule has 0 bridgehead atoms. The molecule has 0 aromatic heterocycles. The predicted octanol–water partition coefficient (Wildman–Crippen LogP) is -0.158. The fourth-order valence-corrected chi connectivity index (χ4v) is 3.35. The molecule has 0 saturated heterocycles. The number of hydrogen-bond acceptors (Lipinski definition) is 7. The maximum Gasteiger partial charge on any atom is 0.326 e. The molecule has 0 aliphatic heterocycles. The number of rotatable bonds is 13. The molecule has 0 saturated carbocycles. The van der Waals surface area contributed by atoms with Gasteiger partial charge < -0.3 is 31.9 Å². The normalized spacial score (nSPS) is 13.7. The third-order valence-electron chi connectivity index (χ3n) is 4.69. The van der Waals surface area contributed by atoms with Crippen molar-refractivity contribution < 1.29 is 29.4 Å². The van der Waals surface area contributed by atoms with Gasteiger partial charge in [0.25, 0.3) is 0 Å². The molecule has 0 spiro atoms. The van der Waals surface area contributed by atoms with Gasteiger partial charge in [0, 0.05) is 6.42 Å². The Morgan fingerprint density at radius 3 is 2.09 bits per heavy atom. The van der Waals surface area contributed by atoms with E-state index in [1.165, 1.54) is 23.9 Å². The molecule has 3 atom stereocenters. The molecule has 32 heavy (non-hydrogen) atoms. The van der Waals surface area contributed by atoms with Gasteiger partial charge in [-0.1, -0.05) is 26.0 Å². The number of carbonyl (C=O) groups is 4. The number of nitrogens with two attached hydrogens (primary N) is 1. The lowest BCUT2D eigenvalue weighted by Crippen LogP contribution is -2.57. The van der Waals surface area contributed by atoms with Gasteiger partial charge in [0.2, 0.25) is 17.7 Å². The molecule has 1 rings (SSSR count). The number of hydrogen-bond donors (Lipinski definition) is 6. The topological polar surface area (TPSA) is 171 Å². The molecule has 1 aromatic carbocycles. The number of amides is 3. The quantitative estimate of drug-likeness (QED) is 0.232. The van der Waals surface area contributed by atoms with Crippen molar-refractivity contribution in [2.45, 2.75) is 44.8 Å². The molecule has 3 unspecified atom stereocenters. The molecular weight excluding hydrogens is 436 g/mol. The predicted molar refractivity (Wildman–Crippen MR) is 122 cm³/mol. The van der Waals surface area contributed by atoms with E-state index < -0.39 is 41.8 Å². The number of thioether (sulfide) groups is 1. The molecule has 3 amide bonds. The molecule has 7 N–H and O–H groups in total. The van der Waals surface area contributed by atoms with Crippen LogP contribution in [0.4, 0.5) is 0 Å². The van der Waals surface area contributed by atoms with Gasteiger partial charge in [-0.2, -0.15) is 11.8 Å². The first-order valence-electron chi connectivity index (χ1n) is 10.2. The van der Waals surface area contributed by atoms with Crippen LogP contribution in [0.1, 0.15) is 25.8 Å². The van der Waals surface area contributed by atoms with Crippen LogP contribution in [0.3, 0.4) is 0 Å². The van der Waals surface area contributed by atoms with E-state index in [0.717, 1.165) is 0 Å². The lowest BCUT2D eigenvalue weighted by atomic mass is 10.0. The number of carbonyl (C=O) groups excluding carboxylic acids is 3. The summed E-state index contributed by atoms with van der Waals surface area (Å²) in [5.74, 6) is -2.65. The molecule has 0 aliphatic rings. The van der Waals surface area contributed by atoms with Gasteiger partial charge in [-0.25, -0.2) is 4.79 Å². The van der Waals surface area contributed by atoms with Gasteiger partial charge in [0.05, 0.1) is 6.54 Å². The van der Waals surface area contributed by atoms with Gasteiger partial charge in [-0.15, -0.1) is 0 Å². The summed E-state index contributed by atoms with van der Waals surface area (Å²) in [6.45, 7) is 3.03. The second-order valence-corrected chi connectivity index (χ2v) is 8.59. The van der Waals surface area contributed by atoms with Crippen molar-refractivity contribution >= 4 is 35.5 Å². The summed E-state index contributed by atoms with van der Waals surface area (Å²) in [4.78, 5) is 49.0. The van der Waals surface area contributed by atoms with E-state index in [-0.39, 0.29) is 31.1 Å². The van der Waals surface area contributed by atoms with Crippen LogP contribution in [-0.2, 0) is 25.6 Å². The van der Waals surface area contributed by atoms with E-state index >= 15 is 0 Å². The maximum atomic E-state index is 13.0. The number of aromatic hydroxyl groups is 1. The minimum Gasteiger partial charge on any atom is -0.508 e. The van der Waals surface area contributed by atoms with E-state index in [9.17, 15) is 29.4 Å². The van der Waals surface area contributed by atoms with Crippen LogP contribution in [0, 0.1) is 5.92 Å². The van der Waals surface area contributed by atoms with E-state index in [1.54, 1.807) is 26.0 Å². The Kier molecular flexibility index (Phi) is 11.6. The Hall–Kier alpha value is -2.79.